The largest absolute Gasteiger partial charge is 0.492 e. The number of nitrogens with zero attached hydrogens (tertiary/aromatic N) is 1. The van der Waals surface area contributed by atoms with Crippen molar-refractivity contribution in [2.75, 3.05) is 26.2 Å². The van der Waals surface area contributed by atoms with Gasteiger partial charge < -0.3 is 14.4 Å². The van der Waals surface area contributed by atoms with Crippen LogP contribution in [0, 0.1) is 0 Å². The lowest BCUT2D eigenvalue weighted by Crippen LogP contribution is -2.44. The van der Waals surface area contributed by atoms with Crippen molar-refractivity contribution < 1.29 is 14.3 Å². The van der Waals surface area contributed by atoms with Gasteiger partial charge in [-0.15, -0.1) is 0 Å². The fourth-order valence-corrected chi connectivity index (χ4v) is 3.65. The Hall–Kier alpha value is -1.49. The van der Waals surface area contributed by atoms with Gasteiger partial charge in [-0.05, 0) is 52.8 Å². The van der Waals surface area contributed by atoms with E-state index in [0.717, 1.165) is 50.3 Å². The molecule has 2 aliphatic rings. The van der Waals surface area contributed by atoms with Gasteiger partial charge in [-0.1, -0.05) is 17.6 Å². The van der Waals surface area contributed by atoms with Crippen molar-refractivity contribution >= 4 is 19.3 Å². The molecule has 2 heterocycles. The zero-order valence-electron chi connectivity index (χ0n) is 14.9. The van der Waals surface area contributed by atoms with Gasteiger partial charge in [0.25, 0.3) is 0 Å². The van der Waals surface area contributed by atoms with Crippen molar-refractivity contribution in [2.24, 2.45) is 0 Å². The van der Waals surface area contributed by atoms with Crippen molar-refractivity contribution in [3.8, 4) is 5.75 Å². The summed E-state index contributed by atoms with van der Waals surface area (Å²) in [5, 5.41) is 0. The van der Waals surface area contributed by atoms with Gasteiger partial charge in [0.15, 0.2) is 0 Å². The summed E-state index contributed by atoms with van der Waals surface area (Å²) in [6, 6.07) is 6.01. The summed E-state index contributed by atoms with van der Waals surface area (Å²) in [5.74, 6) is 0.824. The quantitative estimate of drug-likeness (QED) is 0.628. The van der Waals surface area contributed by atoms with Crippen LogP contribution in [0.3, 0.4) is 0 Å². The summed E-state index contributed by atoms with van der Waals surface area (Å²) >= 11 is 0. The third-order valence-electron chi connectivity index (χ3n) is 4.95. The Morgan fingerprint density at radius 1 is 1.33 bits per heavy atom. The lowest BCUT2D eigenvalue weighted by Gasteiger charge is -2.38. The minimum Gasteiger partial charge on any atom is -0.492 e. The van der Waals surface area contributed by atoms with E-state index in [-0.39, 0.29) is 11.4 Å². The van der Waals surface area contributed by atoms with Crippen LogP contribution in [-0.2, 0) is 14.9 Å². The smallest absolute Gasteiger partial charge is 0.307 e. The van der Waals surface area contributed by atoms with E-state index < -0.39 is 5.60 Å². The molecule has 0 saturated carbocycles. The summed E-state index contributed by atoms with van der Waals surface area (Å²) < 4.78 is 11.3. The fraction of sp³-hybridized carbons (Fsp3) is 0.632. The van der Waals surface area contributed by atoms with Crippen molar-refractivity contribution in [1.82, 2.24) is 4.90 Å². The first-order chi connectivity index (χ1) is 11.3. The van der Waals surface area contributed by atoms with Gasteiger partial charge in [0.2, 0.25) is 0 Å². The molecule has 4 nitrogen and oxygen atoms in total. The van der Waals surface area contributed by atoms with E-state index in [4.69, 9.17) is 17.3 Å². The first-order valence-corrected chi connectivity index (χ1v) is 8.74. The zero-order valence-corrected chi connectivity index (χ0v) is 14.9. The second kappa shape index (κ2) is 6.43. The Morgan fingerprint density at radius 2 is 2.04 bits per heavy atom. The van der Waals surface area contributed by atoms with Gasteiger partial charge in [-0.3, -0.25) is 4.79 Å². The second-order valence-electron chi connectivity index (χ2n) is 8.00. The van der Waals surface area contributed by atoms with Crippen molar-refractivity contribution in [1.29, 1.82) is 0 Å². The number of benzene rings is 1. The van der Waals surface area contributed by atoms with E-state index in [0.29, 0.717) is 6.42 Å². The molecule has 0 atom stereocenters. The van der Waals surface area contributed by atoms with Crippen LogP contribution in [0.25, 0.3) is 0 Å². The number of esters is 1. The predicted molar refractivity (Wildman–Crippen MR) is 95.1 cm³/mol. The Kier molecular flexibility index (Phi) is 4.65. The van der Waals surface area contributed by atoms with Crippen LogP contribution in [0.15, 0.2) is 18.2 Å². The monoisotopic (exact) mass is 327 g/mol. The summed E-state index contributed by atoms with van der Waals surface area (Å²) in [6.07, 6.45) is 2.56. The molecule has 0 unspecified atom stereocenters. The number of carbonyl (C=O) groups excluding carboxylic acids is 1. The van der Waals surface area contributed by atoms with E-state index in [2.05, 4.69) is 11.0 Å². The van der Waals surface area contributed by atoms with Gasteiger partial charge >= 0.3 is 5.97 Å². The van der Waals surface area contributed by atoms with E-state index >= 15 is 0 Å². The summed E-state index contributed by atoms with van der Waals surface area (Å²) in [6.45, 7) is 9.18. The van der Waals surface area contributed by atoms with Crippen LogP contribution < -0.4 is 10.2 Å². The molecule has 0 aromatic heterocycles. The maximum atomic E-state index is 11.9. The Labute approximate surface area is 145 Å². The molecular formula is C19H26BNO3. The van der Waals surface area contributed by atoms with Gasteiger partial charge in [0.1, 0.15) is 19.2 Å². The normalized spacial score (nSPS) is 19.8. The van der Waals surface area contributed by atoms with Gasteiger partial charge in [-0.2, -0.15) is 0 Å². The molecule has 5 heteroatoms. The minimum absolute atomic E-state index is 0.117. The van der Waals surface area contributed by atoms with E-state index in [1.807, 2.05) is 32.9 Å². The highest BCUT2D eigenvalue weighted by Gasteiger charge is 2.42. The third kappa shape index (κ3) is 3.77. The fourth-order valence-electron chi connectivity index (χ4n) is 3.65. The topological polar surface area (TPSA) is 38.8 Å². The summed E-state index contributed by atoms with van der Waals surface area (Å²) in [5.41, 5.74) is 1.76. The Bertz CT molecular complexity index is 616. The van der Waals surface area contributed by atoms with Crippen LogP contribution >= 0.6 is 0 Å². The molecule has 2 radical (unpaired) electrons. The molecule has 2 aliphatic heterocycles. The molecular weight excluding hydrogens is 301 g/mol. The van der Waals surface area contributed by atoms with Crippen LogP contribution in [0.4, 0.5) is 0 Å². The second-order valence-corrected chi connectivity index (χ2v) is 8.00. The molecule has 0 bridgehead atoms. The van der Waals surface area contributed by atoms with E-state index in [1.165, 1.54) is 5.56 Å². The molecule has 1 aromatic carbocycles. The molecule has 0 N–H and O–H groups in total. The lowest BCUT2D eigenvalue weighted by atomic mass is 9.74. The molecule has 0 amide bonds. The Morgan fingerprint density at radius 3 is 2.71 bits per heavy atom. The number of fused-ring (bicyclic) bond motifs is 2. The number of hydrogen-bond acceptors (Lipinski definition) is 4. The Balaban J connectivity index is 1.53. The molecule has 1 fully saturated rings. The zero-order chi connectivity index (χ0) is 17.4. The number of rotatable bonds is 3. The number of piperidine rings is 1. The van der Waals surface area contributed by atoms with Crippen molar-refractivity contribution in [3.63, 3.8) is 0 Å². The molecule has 24 heavy (non-hydrogen) atoms. The summed E-state index contributed by atoms with van der Waals surface area (Å²) in [4.78, 5) is 14.2. The SMILES string of the molecule is [B]c1ccc2c(c1)OCC21CCN(CCC(=O)OC(C)(C)C)CC1. The van der Waals surface area contributed by atoms with Crippen molar-refractivity contribution in [3.05, 3.63) is 23.8 Å². The minimum atomic E-state index is -0.407. The highest BCUT2D eigenvalue weighted by Crippen LogP contribution is 2.44. The number of hydrogen-bond donors (Lipinski definition) is 0. The standard InChI is InChI=1S/C19H26BNO3/c1-18(2,3)24-17(22)6-9-21-10-7-19(8-11-21)13-23-16-12-14(20)4-5-15(16)19/h4-5,12H,6-11,13H2,1-3H3. The molecule has 0 aliphatic carbocycles. The van der Waals surface area contributed by atoms with E-state index in [1.54, 1.807) is 0 Å². The molecule has 1 saturated heterocycles. The predicted octanol–water partition coefficient (Wildman–Crippen LogP) is 1.94. The van der Waals surface area contributed by atoms with Crippen LogP contribution in [-0.4, -0.2) is 50.6 Å². The molecule has 1 aromatic rings. The van der Waals surface area contributed by atoms with Gasteiger partial charge in [0, 0.05) is 17.5 Å². The third-order valence-corrected chi connectivity index (χ3v) is 4.95. The van der Waals surface area contributed by atoms with Gasteiger partial charge in [0.05, 0.1) is 13.0 Å². The molecule has 3 rings (SSSR count). The molecule has 1 spiro atoms. The maximum Gasteiger partial charge on any atom is 0.307 e. The van der Waals surface area contributed by atoms with Crippen LogP contribution in [0.1, 0.15) is 45.6 Å². The van der Waals surface area contributed by atoms with Crippen LogP contribution in [0.2, 0.25) is 0 Å². The number of likely N-dealkylation sites (tertiary alicyclic amines) is 1. The average molecular weight is 327 g/mol. The lowest BCUT2D eigenvalue weighted by molar-refractivity contribution is -0.155. The number of ether oxygens (including phenoxy) is 2. The van der Waals surface area contributed by atoms with Crippen molar-refractivity contribution in [2.45, 2.75) is 51.0 Å². The van der Waals surface area contributed by atoms with Crippen LogP contribution in [0.5, 0.6) is 5.75 Å². The highest BCUT2D eigenvalue weighted by molar-refractivity contribution is 6.32. The first kappa shape index (κ1) is 17.3. The summed E-state index contributed by atoms with van der Waals surface area (Å²) in [7, 11) is 5.85. The molecule has 128 valence electrons. The number of carbonyl (C=O) groups is 1. The maximum absolute atomic E-state index is 11.9. The van der Waals surface area contributed by atoms with Gasteiger partial charge in [-0.25, -0.2) is 0 Å². The average Bonchev–Trinajstić information content (AvgIpc) is 2.83. The highest BCUT2D eigenvalue weighted by atomic mass is 16.6. The first-order valence-electron chi connectivity index (χ1n) is 8.74. The van der Waals surface area contributed by atoms with E-state index in [9.17, 15) is 4.79 Å².